The Morgan fingerprint density at radius 3 is 3.07 bits per heavy atom. The molecule has 72 valence electrons. The molecule has 0 aliphatic heterocycles. The van der Waals surface area contributed by atoms with Crippen molar-refractivity contribution in [3.63, 3.8) is 0 Å². The molecule has 2 N–H and O–H groups in total. The van der Waals surface area contributed by atoms with Crippen LogP contribution in [-0.4, -0.2) is 9.97 Å². The van der Waals surface area contributed by atoms with Crippen LogP contribution in [0.1, 0.15) is 11.1 Å². The summed E-state index contributed by atoms with van der Waals surface area (Å²) in [7, 11) is 0. The number of aromatic amines is 1. The molecule has 14 heavy (non-hydrogen) atoms. The van der Waals surface area contributed by atoms with Gasteiger partial charge in [0.1, 0.15) is 5.82 Å². The maximum atomic E-state index is 3.93. The van der Waals surface area contributed by atoms with Crippen LogP contribution in [0.15, 0.2) is 36.8 Å². The third-order valence-electron chi connectivity index (χ3n) is 2.06. The summed E-state index contributed by atoms with van der Waals surface area (Å²) in [6.07, 6.45) is 3.44. The third kappa shape index (κ3) is 2.13. The Hall–Kier alpha value is -1.77. The highest BCUT2D eigenvalue weighted by Crippen LogP contribution is 2.06. The molecule has 0 unspecified atom stereocenters. The van der Waals surface area contributed by atoms with Crippen molar-refractivity contribution >= 4 is 5.82 Å². The van der Waals surface area contributed by atoms with Crippen LogP contribution >= 0.6 is 0 Å². The number of H-pyrrole nitrogens is 1. The molecule has 0 bridgehead atoms. The first-order chi connectivity index (χ1) is 6.84. The van der Waals surface area contributed by atoms with Gasteiger partial charge in [0.15, 0.2) is 0 Å². The van der Waals surface area contributed by atoms with E-state index in [4.69, 9.17) is 0 Å². The number of rotatable bonds is 3. The Labute approximate surface area is 83.2 Å². The predicted octanol–water partition coefficient (Wildman–Crippen LogP) is 2.33. The number of anilines is 1. The van der Waals surface area contributed by atoms with Crippen molar-refractivity contribution in [3.05, 3.63) is 47.9 Å². The third-order valence-corrected chi connectivity index (χ3v) is 2.06. The van der Waals surface area contributed by atoms with Crippen molar-refractivity contribution in [2.75, 3.05) is 5.32 Å². The van der Waals surface area contributed by atoms with E-state index in [0.717, 1.165) is 12.4 Å². The molecule has 0 atom stereocenters. The summed E-state index contributed by atoms with van der Waals surface area (Å²) in [6.45, 7) is 2.92. The van der Waals surface area contributed by atoms with Crippen molar-refractivity contribution in [1.82, 2.24) is 9.97 Å². The van der Waals surface area contributed by atoms with E-state index in [1.807, 2.05) is 0 Å². The Morgan fingerprint density at radius 2 is 2.36 bits per heavy atom. The Balaban J connectivity index is 1.98. The molecule has 1 aromatic carbocycles. The van der Waals surface area contributed by atoms with E-state index in [1.54, 1.807) is 12.5 Å². The van der Waals surface area contributed by atoms with Crippen LogP contribution in [0.2, 0.25) is 0 Å². The number of hydrogen-bond acceptors (Lipinski definition) is 2. The lowest BCUT2D eigenvalue weighted by Crippen LogP contribution is -1.99. The zero-order valence-electron chi connectivity index (χ0n) is 8.12. The average molecular weight is 187 g/mol. The highest BCUT2D eigenvalue weighted by Gasteiger charge is 1.94. The van der Waals surface area contributed by atoms with Crippen LogP contribution in [0, 0.1) is 6.92 Å². The molecule has 2 aromatic rings. The smallest absolute Gasteiger partial charge is 0.123 e. The van der Waals surface area contributed by atoms with Crippen molar-refractivity contribution in [1.29, 1.82) is 0 Å². The fourth-order valence-corrected chi connectivity index (χ4v) is 1.37. The number of nitrogens with zero attached hydrogens (tertiary/aromatic N) is 1. The van der Waals surface area contributed by atoms with Gasteiger partial charge in [-0.05, 0) is 12.5 Å². The van der Waals surface area contributed by atoms with Gasteiger partial charge in [-0.3, -0.25) is 0 Å². The average Bonchev–Trinajstić information content (AvgIpc) is 2.67. The highest BCUT2D eigenvalue weighted by molar-refractivity contribution is 5.33. The van der Waals surface area contributed by atoms with Crippen LogP contribution in [-0.2, 0) is 6.54 Å². The van der Waals surface area contributed by atoms with Gasteiger partial charge in [0.05, 0.1) is 12.5 Å². The number of aryl methyl sites for hydroxylation is 1. The Kier molecular flexibility index (Phi) is 2.49. The maximum absolute atomic E-state index is 3.93. The van der Waals surface area contributed by atoms with Gasteiger partial charge in [-0.15, -0.1) is 0 Å². The quantitative estimate of drug-likeness (QED) is 0.774. The standard InChI is InChI=1S/C11H13N3/c1-9-3-2-4-10(5-9)6-13-11-7-12-8-14-11/h2-5,7-8,13H,6H2,1H3,(H,12,14). The van der Waals surface area contributed by atoms with E-state index in [0.29, 0.717) is 0 Å². The minimum Gasteiger partial charge on any atom is -0.366 e. The molecule has 3 heteroatoms. The van der Waals surface area contributed by atoms with Crippen molar-refractivity contribution in [2.45, 2.75) is 13.5 Å². The molecule has 0 saturated heterocycles. The molecule has 0 aliphatic rings. The van der Waals surface area contributed by atoms with Gasteiger partial charge in [0.2, 0.25) is 0 Å². The second-order valence-corrected chi connectivity index (χ2v) is 3.31. The van der Waals surface area contributed by atoms with Gasteiger partial charge in [-0.1, -0.05) is 29.8 Å². The lowest BCUT2D eigenvalue weighted by molar-refractivity contribution is 1.12. The maximum Gasteiger partial charge on any atom is 0.123 e. The monoisotopic (exact) mass is 187 g/mol. The summed E-state index contributed by atoms with van der Waals surface area (Å²) in [5.41, 5.74) is 2.56. The minimum atomic E-state index is 0.823. The summed E-state index contributed by atoms with van der Waals surface area (Å²) in [5.74, 6) is 0.950. The first-order valence-electron chi connectivity index (χ1n) is 4.62. The second kappa shape index (κ2) is 3.96. The molecule has 0 spiro atoms. The Bertz CT molecular complexity index is 393. The van der Waals surface area contributed by atoms with Gasteiger partial charge in [0, 0.05) is 6.54 Å². The number of hydrogen-bond donors (Lipinski definition) is 2. The summed E-state index contributed by atoms with van der Waals surface area (Å²) >= 11 is 0. The summed E-state index contributed by atoms with van der Waals surface area (Å²) in [5, 5.41) is 3.25. The van der Waals surface area contributed by atoms with E-state index in [-0.39, 0.29) is 0 Å². The number of nitrogens with one attached hydrogen (secondary N) is 2. The van der Waals surface area contributed by atoms with E-state index in [2.05, 4.69) is 46.5 Å². The second-order valence-electron chi connectivity index (χ2n) is 3.31. The van der Waals surface area contributed by atoms with Crippen molar-refractivity contribution in [2.24, 2.45) is 0 Å². The lowest BCUT2D eigenvalue weighted by atomic mass is 10.1. The molecular formula is C11H13N3. The van der Waals surface area contributed by atoms with Gasteiger partial charge >= 0.3 is 0 Å². The first kappa shape index (κ1) is 8.81. The molecule has 0 radical (unpaired) electrons. The minimum absolute atomic E-state index is 0.823. The number of benzene rings is 1. The van der Waals surface area contributed by atoms with Gasteiger partial charge in [-0.2, -0.15) is 0 Å². The highest BCUT2D eigenvalue weighted by atomic mass is 15.0. The van der Waals surface area contributed by atoms with Crippen molar-refractivity contribution in [3.8, 4) is 0 Å². The van der Waals surface area contributed by atoms with Gasteiger partial charge < -0.3 is 10.3 Å². The van der Waals surface area contributed by atoms with E-state index in [1.165, 1.54) is 11.1 Å². The lowest BCUT2D eigenvalue weighted by Gasteiger charge is -2.04. The molecule has 1 aromatic heterocycles. The van der Waals surface area contributed by atoms with Crippen molar-refractivity contribution < 1.29 is 0 Å². The van der Waals surface area contributed by atoms with Crippen LogP contribution < -0.4 is 5.32 Å². The topological polar surface area (TPSA) is 40.7 Å². The SMILES string of the molecule is Cc1cccc(CNc2cnc[nH]2)c1. The Morgan fingerprint density at radius 1 is 1.43 bits per heavy atom. The molecule has 2 rings (SSSR count). The number of aromatic nitrogens is 2. The zero-order chi connectivity index (χ0) is 9.80. The molecule has 3 nitrogen and oxygen atoms in total. The fraction of sp³-hybridized carbons (Fsp3) is 0.182. The molecule has 0 saturated carbocycles. The first-order valence-corrected chi connectivity index (χ1v) is 4.62. The molecule has 0 aliphatic carbocycles. The van der Waals surface area contributed by atoms with Crippen LogP contribution in [0.4, 0.5) is 5.82 Å². The zero-order valence-corrected chi connectivity index (χ0v) is 8.12. The van der Waals surface area contributed by atoms with E-state index >= 15 is 0 Å². The largest absolute Gasteiger partial charge is 0.366 e. The van der Waals surface area contributed by atoms with E-state index in [9.17, 15) is 0 Å². The molecule has 0 fully saturated rings. The van der Waals surface area contributed by atoms with Gasteiger partial charge in [-0.25, -0.2) is 4.98 Å². The normalized spacial score (nSPS) is 10.1. The van der Waals surface area contributed by atoms with Gasteiger partial charge in [0.25, 0.3) is 0 Å². The fourth-order valence-electron chi connectivity index (χ4n) is 1.37. The number of imidazole rings is 1. The summed E-state index contributed by atoms with van der Waals surface area (Å²) in [6, 6.07) is 8.44. The summed E-state index contributed by atoms with van der Waals surface area (Å²) < 4.78 is 0. The molecular weight excluding hydrogens is 174 g/mol. The molecule has 1 heterocycles. The van der Waals surface area contributed by atoms with E-state index < -0.39 is 0 Å². The van der Waals surface area contributed by atoms with Crippen LogP contribution in [0.25, 0.3) is 0 Å². The van der Waals surface area contributed by atoms with Crippen LogP contribution in [0.5, 0.6) is 0 Å². The van der Waals surface area contributed by atoms with Crippen LogP contribution in [0.3, 0.4) is 0 Å². The summed E-state index contributed by atoms with van der Waals surface area (Å²) in [4.78, 5) is 6.93. The predicted molar refractivity (Wildman–Crippen MR) is 57.1 cm³/mol. The molecule has 0 amide bonds.